The molecule has 5 nitrogen and oxygen atoms in total. The Morgan fingerprint density at radius 1 is 1.17 bits per heavy atom. The van der Waals surface area contributed by atoms with Crippen LogP contribution in [0, 0.1) is 0 Å². The van der Waals surface area contributed by atoms with Gasteiger partial charge in [0.15, 0.2) is 0 Å². The van der Waals surface area contributed by atoms with Crippen LogP contribution in [0.4, 0.5) is 0 Å². The van der Waals surface area contributed by atoms with Gasteiger partial charge in [-0.3, -0.25) is 9.58 Å². The molecule has 0 saturated heterocycles. The molecule has 0 unspecified atom stereocenters. The minimum absolute atomic E-state index is 0.159. The molecule has 24 heavy (non-hydrogen) atoms. The molecule has 1 aliphatic heterocycles. The lowest BCUT2D eigenvalue weighted by atomic mass is 10.1. The smallest absolute Gasteiger partial charge is 0.0689 e. The maximum atomic E-state index is 9.33. The van der Waals surface area contributed by atoms with E-state index in [1.54, 1.807) is 0 Å². The van der Waals surface area contributed by atoms with E-state index < -0.39 is 0 Å². The average Bonchev–Trinajstić information content (AvgIpc) is 3.04. The third-order valence-corrected chi connectivity index (χ3v) is 4.11. The van der Waals surface area contributed by atoms with Crippen LogP contribution in [0.1, 0.15) is 17.5 Å². The number of rotatable bonds is 8. The van der Waals surface area contributed by atoms with Gasteiger partial charge in [0.25, 0.3) is 0 Å². The maximum Gasteiger partial charge on any atom is 0.0689 e. The summed E-state index contributed by atoms with van der Waals surface area (Å²) >= 11 is 0. The van der Waals surface area contributed by atoms with Crippen LogP contribution in [-0.4, -0.2) is 52.7 Å². The summed E-state index contributed by atoms with van der Waals surface area (Å²) in [6.45, 7) is 4.73. The first-order valence-corrected chi connectivity index (χ1v) is 8.47. The molecular weight excluding hydrogens is 302 g/mol. The van der Waals surface area contributed by atoms with Crippen LogP contribution in [0.25, 0.3) is 0 Å². The monoisotopic (exact) mass is 327 g/mol. The van der Waals surface area contributed by atoms with Gasteiger partial charge in [-0.25, -0.2) is 0 Å². The Morgan fingerprint density at radius 2 is 2.04 bits per heavy atom. The maximum absolute atomic E-state index is 9.33. The van der Waals surface area contributed by atoms with Crippen molar-refractivity contribution in [3.63, 3.8) is 0 Å². The van der Waals surface area contributed by atoms with Gasteiger partial charge < -0.3 is 9.84 Å². The molecule has 0 fully saturated rings. The van der Waals surface area contributed by atoms with Crippen molar-refractivity contribution in [2.24, 2.45) is 0 Å². The van der Waals surface area contributed by atoms with Crippen molar-refractivity contribution in [1.82, 2.24) is 14.7 Å². The van der Waals surface area contributed by atoms with Crippen molar-refractivity contribution in [2.45, 2.75) is 19.5 Å². The minimum atomic E-state index is 0.159. The topological polar surface area (TPSA) is 50.5 Å². The fraction of sp³-hybridized carbons (Fsp3) is 0.421. The van der Waals surface area contributed by atoms with Crippen molar-refractivity contribution in [3.8, 4) is 0 Å². The molecular formula is C19H25N3O2. The third kappa shape index (κ3) is 5.03. The molecule has 0 radical (unpaired) electrons. The number of benzene rings is 1. The summed E-state index contributed by atoms with van der Waals surface area (Å²) in [4.78, 5) is 2.24. The molecule has 3 rings (SSSR count). The largest absolute Gasteiger partial charge is 0.395 e. The van der Waals surface area contributed by atoms with E-state index in [4.69, 9.17) is 4.74 Å². The highest BCUT2D eigenvalue weighted by atomic mass is 16.5. The van der Waals surface area contributed by atoms with Crippen molar-refractivity contribution >= 4 is 0 Å². The molecule has 2 aromatic rings. The summed E-state index contributed by atoms with van der Waals surface area (Å²) in [6, 6.07) is 10.3. The zero-order valence-corrected chi connectivity index (χ0v) is 14.0. The van der Waals surface area contributed by atoms with Crippen LogP contribution in [0.5, 0.6) is 0 Å². The molecule has 0 atom stereocenters. The SMILES string of the molecule is OCCN(CC1=CCCOC1)Cc1cnn(Cc2ccccc2)c1. The van der Waals surface area contributed by atoms with E-state index in [0.29, 0.717) is 13.2 Å². The molecule has 1 aromatic heterocycles. The molecule has 0 aliphatic carbocycles. The fourth-order valence-electron chi connectivity index (χ4n) is 2.96. The Morgan fingerprint density at radius 3 is 2.79 bits per heavy atom. The number of nitrogens with zero attached hydrogens (tertiary/aromatic N) is 3. The van der Waals surface area contributed by atoms with Crippen LogP contribution in [0.3, 0.4) is 0 Å². The van der Waals surface area contributed by atoms with Crippen molar-refractivity contribution in [2.75, 3.05) is 32.9 Å². The van der Waals surface area contributed by atoms with Gasteiger partial charge in [0.05, 0.1) is 32.6 Å². The first-order valence-electron chi connectivity index (χ1n) is 8.47. The quantitative estimate of drug-likeness (QED) is 0.754. The summed E-state index contributed by atoms with van der Waals surface area (Å²) in [5.41, 5.74) is 3.70. The van der Waals surface area contributed by atoms with Crippen molar-refractivity contribution < 1.29 is 9.84 Å². The van der Waals surface area contributed by atoms with Crippen LogP contribution in [0.2, 0.25) is 0 Å². The van der Waals surface area contributed by atoms with E-state index in [0.717, 1.165) is 38.2 Å². The van der Waals surface area contributed by atoms with Crippen LogP contribution in [-0.2, 0) is 17.8 Å². The Bertz CT molecular complexity index is 652. The number of aromatic nitrogens is 2. The molecule has 0 spiro atoms. The molecule has 5 heteroatoms. The Balaban J connectivity index is 1.59. The second-order valence-corrected chi connectivity index (χ2v) is 6.17. The summed E-state index contributed by atoms with van der Waals surface area (Å²) in [7, 11) is 0. The van der Waals surface area contributed by atoms with Gasteiger partial charge in [0.1, 0.15) is 0 Å². The lowest BCUT2D eigenvalue weighted by Gasteiger charge is -2.24. The predicted octanol–water partition coefficient (Wildman–Crippen LogP) is 2.07. The van der Waals surface area contributed by atoms with Gasteiger partial charge in [0, 0.05) is 31.4 Å². The molecule has 0 bridgehead atoms. The molecule has 1 N–H and O–H groups in total. The predicted molar refractivity (Wildman–Crippen MR) is 93.7 cm³/mol. The van der Waals surface area contributed by atoms with Crippen LogP contribution in [0.15, 0.2) is 54.4 Å². The highest BCUT2D eigenvalue weighted by Gasteiger charge is 2.12. The number of hydrogen-bond acceptors (Lipinski definition) is 4. The van der Waals surface area contributed by atoms with Gasteiger partial charge in [-0.1, -0.05) is 36.4 Å². The van der Waals surface area contributed by atoms with Gasteiger partial charge in [0.2, 0.25) is 0 Å². The van der Waals surface area contributed by atoms with E-state index in [2.05, 4.69) is 34.4 Å². The molecule has 1 aromatic carbocycles. The van der Waals surface area contributed by atoms with Gasteiger partial charge in [-0.05, 0) is 17.6 Å². The average molecular weight is 327 g/mol. The number of aliphatic hydroxyl groups is 1. The third-order valence-electron chi connectivity index (χ3n) is 4.11. The Kier molecular flexibility index (Phi) is 6.18. The lowest BCUT2D eigenvalue weighted by molar-refractivity contribution is 0.136. The summed E-state index contributed by atoms with van der Waals surface area (Å²) < 4.78 is 7.47. The van der Waals surface area contributed by atoms with E-state index in [1.165, 1.54) is 11.1 Å². The van der Waals surface area contributed by atoms with Crippen molar-refractivity contribution in [3.05, 3.63) is 65.5 Å². The molecule has 0 amide bonds. The summed E-state index contributed by atoms with van der Waals surface area (Å²) in [5, 5.41) is 13.8. The second-order valence-electron chi connectivity index (χ2n) is 6.17. The first-order chi connectivity index (χ1) is 11.8. The lowest BCUT2D eigenvalue weighted by Crippen LogP contribution is -2.30. The van der Waals surface area contributed by atoms with Crippen molar-refractivity contribution in [1.29, 1.82) is 0 Å². The minimum Gasteiger partial charge on any atom is -0.395 e. The number of aliphatic hydroxyl groups excluding tert-OH is 1. The fourth-order valence-corrected chi connectivity index (χ4v) is 2.96. The highest BCUT2D eigenvalue weighted by molar-refractivity contribution is 5.16. The Hall–Kier alpha value is -1.95. The van der Waals surface area contributed by atoms with Crippen LogP contribution >= 0.6 is 0 Å². The molecule has 2 heterocycles. The first kappa shape index (κ1) is 16.9. The Labute approximate surface area is 143 Å². The molecule has 128 valence electrons. The molecule has 0 saturated carbocycles. The van der Waals surface area contributed by atoms with Crippen LogP contribution < -0.4 is 0 Å². The zero-order chi connectivity index (χ0) is 16.6. The standard InChI is InChI=1S/C19H25N3O2/c23-9-8-21(12-18-7-4-10-24-16-18)13-19-11-20-22(15-19)14-17-5-2-1-3-6-17/h1-3,5-7,11,15,23H,4,8-10,12-14,16H2. The number of hydrogen-bond donors (Lipinski definition) is 1. The summed E-state index contributed by atoms with van der Waals surface area (Å²) in [5.74, 6) is 0. The van der Waals surface area contributed by atoms with E-state index in [-0.39, 0.29) is 6.61 Å². The number of ether oxygens (including phenoxy) is 1. The van der Waals surface area contributed by atoms with Gasteiger partial charge in [-0.15, -0.1) is 0 Å². The zero-order valence-electron chi connectivity index (χ0n) is 14.0. The molecule has 1 aliphatic rings. The van der Waals surface area contributed by atoms with E-state index in [9.17, 15) is 5.11 Å². The highest BCUT2D eigenvalue weighted by Crippen LogP contribution is 2.11. The van der Waals surface area contributed by atoms with E-state index >= 15 is 0 Å². The normalized spacial score (nSPS) is 14.8. The van der Waals surface area contributed by atoms with Gasteiger partial charge >= 0.3 is 0 Å². The van der Waals surface area contributed by atoms with E-state index in [1.807, 2.05) is 29.1 Å². The van der Waals surface area contributed by atoms with Gasteiger partial charge in [-0.2, -0.15) is 5.10 Å². The second kappa shape index (κ2) is 8.78. The summed E-state index contributed by atoms with van der Waals surface area (Å²) in [6.07, 6.45) is 7.24.